The van der Waals surface area contributed by atoms with Crippen molar-refractivity contribution in [3.8, 4) is 17.2 Å². The van der Waals surface area contributed by atoms with E-state index in [1.807, 2.05) is 38.1 Å². The van der Waals surface area contributed by atoms with Crippen molar-refractivity contribution in [1.82, 2.24) is 10.6 Å². The molecule has 0 saturated carbocycles. The van der Waals surface area contributed by atoms with E-state index in [-0.39, 0.29) is 47.1 Å². The molecule has 2 atom stereocenters. The molecule has 2 unspecified atom stereocenters. The van der Waals surface area contributed by atoms with Gasteiger partial charge in [-0.2, -0.15) is 0 Å². The number of nitrogens with one attached hydrogen (secondary N) is 2. The van der Waals surface area contributed by atoms with E-state index in [0.29, 0.717) is 73.7 Å². The number of allylic oxidation sites excluding steroid dienone is 2. The largest absolute Gasteiger partial charge is 0.492 e. The molecule has 0 aromatic heterocycles. The number of aliphatic hydroxyl groups excluding tert-OH is 1. The molecule has 55 heavy (non-hydrogen) atoms. The Labute approximate surface area is 332 Å². The molecule has 3 aromatic rings. The highest BCUT2D eigenvalue weighted by Gasteiger charge is 2.39. The summed E-state index contributed by atoms with van der Waals surface area (Å²) < 4.78 is 39.0. The van der Waals surface area contributed by atoms with Crippen LogP contribution in [0.4, 0.5) is 0 Å². The zero-order chi connectivity index (χ0) is 39.7. The zero-order valence-electron chi connectivity index (χ0n) is 31.8. The highest BCUT2D eigenvalue weighted by molar-refractivity contribution is 6.42. The van der Waals surface area contributed by atoms with E-state index in [4.69, 9.17) is 56.4 Å². The van der Waals surface area contributed by atoms with Crippen LogP contribution in [0.5, 0.6) is 17.2 Å². The number of carbonyl (C=O) groups excluding carboxylic acids is 2. The van der Waals surface area contributed by atoms with E-state index in [2.05, 4.69) is 10.6 Å². The maximum atomic E-state index is 13.5. The van der Waals surface area contributed by atoms with Crippen LogP contribution >= 0.6 is 23.2 Å². The smallest absolute Gasteiger partial charge is 0.336 e. The summed E-state index contributed by atoms with van der Waals surface area (Å²) in [5.41, 5.74) is 2.98. The molecule has 1 heterocycles. The van der Waals surface area contributed by atoms with Gasteiger partial charge in [-0.1, -0.05) is 47.5 Å². The Morgan fingerprint density at radius 1 is 0.800 bits per heavy atom. The number of halogens is 2. The molecule has 0 aliphatic carbocycles. The molecule has 3 aromatic carbocycles. The van der Waals surface area contributed by atoms with Gasteiger partial charge in [0.25, 0.3) is 0 Å². The third-order valence-corrected chi connectivity index (χ3v) is 9.16. The second kappa shape index (κ2) is 22.3. The van der Waals surface area contributed by atoms with E-state index in [0.717, 1.165) is 5.56 Å². The van der Waals surface area contributed by atoms with Crippen LogP contribution in [0.25, 0.3) is 0 Å². The van der Waals surface area contributed by atoms with Gasteiger partial charge in [0.15, 0.2) is 0 Å². The van der Waals surface area contributed by atoms with Crippen molar-refractivity contribution in [1.29, 1.82) is 0 Å². The van der Waals surface area contributed by atoms with Crippen LogP contribution in [-0.2, 0) is 35.1 Å². The third-order valence-electron chi connectivity index (χ3n) is 8.33. The number of rotatable bonds is 22. The van der Waals surface area contributed by atoms with Gasteiger partial charge in [-0.15, -0.1) is 0 Å². The highest BCUT2D eigenvalue weighted by Crippen LogP contribution is 2.43. The number of benzene rings is 3. The lowest BCUT2D eigenvalue weighted by Crippen LogP contribution is -2.33. The second-order valence-corrected chi connectivity index (χ2v) is 13.6. The fourth-order valence-electron chi connectivity index (χ4n) is 5.68. The average molecular weight is 802 g/mol. The number of methoxy groups -OCH3 is 1. The number of ether oxygens (including phenoxy) is 7. The summed E-state index contributed by atoms with van der Waals surface area (Å²) in [6.45, 7) is 10.4. The molecule has 0 bridgehead atoms. The minimum atomic E-state index is -0.865. The molecule has 298 valence electrons. The van der Waals surface area contributed by atoms with E-state index in [1.54, 1.807) is 56.3 Å². The quantitative estimate of drug-likeness (QED) is 0.0768. The topological polar surface area (TPSA) is 143 Å². The van der Waals surface area contributed by atoms with Crippen molar-refractivity contribution in [2.75, 3.05) is 59.8 Å². The molecule has 0 spiro atoms. The standard InChI is InChI=1S/C41H50Cl2N2O10/c1-26(2)51-20-19-50-24-29-9-11-33(12-10-29)55-25-30(46)23-44-17-18-52-31-13-15-32(16-14-31)53-21-22-54-41(48)37-28(4)45-27(3)36(40(47)49-5)38(37)34-7-6-8-35(42)39(34)43/h6-16,26,30,38,44-46H,17-25H2,1-5H3. The molecule has 1 aliphatic rings. The first-order valence-corrected chi connectivity index (χ1v) is 18.8. The summed E-state index contributed by atoms with van der Waals surface area (Å²) in [7, 11) is 1.27. The molecular formula is C41H50Cl2N2O10. The Hall–Kier alpha value is -4.30. The fraction of sp³-hybridized carbons (Fsp3) is 0.415. The van der Waals surface area contributed by atoms with Crippen molar-refractivity contribution in [3.05, 3.63) is 110 Å². The lowest BCUT2D eigenvalue weighted by molar-refractivity contribution is -0.140. The Kier molecular flexibility index (Phi) is 17.6. The molecule has 3 N–H and O–H groups in total. The molecular weight excluding hydrogens is 751 g/mol. The normalized spacial score (nSPS) is 14.7. The van der Waals surface area contributed by atoms with Crippen LogP contribution in [-0.4, -0.2) is 89.1 Å². The van der Waals surface area contributed by atoms with Crippen molar-refractivity contribution in [2.45, 2.75) is 52.4 Å². The van der Waals surface area contributed by atoms with Gasteiger partial charge in [-0.05, 0) is 81.3 Å². The van der Waals surface area contributed by atoms with Gasteiger partial charge in [0, 0.05) is 24.5 Å². The predicted octanol–water partition coefficient (Wildman–Crippen LogP) is 6.37. The van der Waals surface area contributed by atoms with Gasteiger partial charge in [-0.25, -0.2) is 9.59 Å². The van der Waals surface area contributed by atoms with Crippen LogP contribution in [0.15, 0.2) is 89.3 Å². The Morgan fingerprint density at radius 2 is 1.42 bits per heavy atom. The molecule has 0 radical (unpaired) electrons. The van der Waals surface area contributed by atoms with Crippen molar-refractivity contribution >= 4 is 35.1 Å². The van der Waals surface area contributed by atoms with Gasteiger partial charge in [0.2, 0.25) is 0 Å². The van der Waals surface area contributed by atoms with E-state index >= 15 is 0 Å². The summed E-state index contributed by atoms with van der Waals surface area (Å²) in [5, 5.41) is 17.1. The van der Waals surface area contributed by atoms with Crippen molar-refractivity contribution < 1.29 is 47.9 Å². The average Bonchev–Trinajstić information content (AvgIpc) is 3.16. The summed E-state index contributed by atoms with van der Waals surface area (Å²) in [6, 6.07) is 19.7. The molecule has 0 saturated heterocycles. The van der Waals surface area contributed by atoms with Gasteiger partial charge in [-0.3, -0.25) is 0 Å². The highest BCUT2D eigenvalue weighted by atomic mass is 35.5. The summed E-state index contributed by atoms with van der Waals surface area (Å²) in [6.07, 6.45) is -0.504. The fourth-order valence-corrected chi connectivity index (χ4v) is 6.10. The van der Waals surface area contributed by atoms with Gasteiger partial charge in [0.05, 0.1) is 60.1 Å². The Morgan fingerprint density at radius 3 is 2.07 bits per heavy atom. The van der Waals surface area contributed by atoms with Crippen LogP contribution < -0.4 is 24.8 Å². The summed E-state index contributed by atoms with van der Waals surface area (Å²) >= 11 is 12.9. The maximum Gasteiger partial charge on any atom is 0.336 e. The van der Waals surface area contributed by atoms with Crippen LogP contribution in [0.2, 0.25) is 10.0 Å². The van der Waals surface area contributed by atoms with Gasteiger partial charge < -0.3 is 48.9 Å². The number of esters is 2. The Bertz CT molecular complexity index is 1760. The van der Waals surface area contributed by atoms with Gasteiger partial charge in [0.1, 0.15) is 49.8 Å². The molecule has 4 rings (SSSR count). The minimum absolute atomic E-state index is 0.0559. The van der Waals surface area contributed by atoms with Crippen molar-refractivity contribution in [3.63, 3.8) is 0 Å². The SMILES string of the molecule is COC(=O)C1=C(C)NC(C)=C(C(=O)OCCOc2ccc(OCCNCC(O)COc3ccc(COCCOC(C)C)cc3)cc2)C1c1cccc(Cl)c1Cl. The van der Waals surface area contributed by atoms with Crippen LogP contribution in [0.1, 0.15) is 44.7 Å². The van der Waals surface area contributed by atoms with Crippen LogP contribution in [0, 0.1) is 0 Å². The monoisotopic (exact) mass is 800 g/mol. The number of dihydropyridines is 1. The van der Waals surface area contributed by atoms with E-state index in [9.17, 15) is 14.7 Å². The van der Waals surface area contributed by atoms with Gasteiger partial charge >= 0.3 is 11.9 Å². The molecule has 12 nitrogen and oxygen atoms in total. The maximum absolute atomic E-state index is 13.5. The summed E-state index contributed by atoms with van der Waals surface area (Å²) in [5.74, 6) is -0.243. The predicted molar refractivity (Wildman–Crippen MR) is 210 cm³/mol. The van der Waals surface area contributed by atoms with E-state index in [1.165, 1.54) is 7.11 Å². The number of carbonyl (C=O) groups is 2. The molecule has 14 heteroatoms. The Balaban J connectivity index is 1.14. The number of hydrogen-bond donors (Lipinski definition) is 3. The lowest BCUT2D eigenvalue weighted by Gasteiger charge is -2.30. The molecule has 0 amide bonds. The zero-order valence-corrected chi connectivity index (χ0v) is 33.3. The third kappa shape index (κ3) is 13.4. The first-order valence-electron chi connectivity index (χ1n) is 18.0. The van der Waals surface area contributed by atoms with E-state index < -0.39 is 24.0 Å². The lowest BCUT2D eigenvalue weighted by atomic mass is 9.80. The minimum Gasteiger partial charge on any atom is -0.492 e. The van der Waals surface area contributed by atoms with Crippen LogP contribution in [0.3, 0.4) is 0 Å². The second-order valence-electron chi connectivity index (χ2n) is 12.9. The van der Waals surface area contributed by atoms with Crippen molar-refractivity contribution in [2.24, 2.45) is 0 Å². The number of aliphatic hydroxyl groups is 1. The number of hydrogen-bond acceptors (Lipinski definition) is 12. The molecule has 1 aliphatic heterocycles. The summed E-state index contributed by atoms with van der Waals surface area (Å²) in [4.78, 5) is 26.3. The molecule has 0 fully saturated rings. The first kappa shape index (κ1) is 43.4. The first-order chi connectivity index (χ1) is 26.5.